The molecule has 1 aliphatic heterocycles. The fourth-order valence-corrected chi connectivity index (χ4v) is 5.06. The fourth-order valence-electron chi connectivity index (χ4n) is 4.24. The lowest BCUT2D eigenvalue weighted by atomic mass is 9.86. The molecule has 2 aliphatic rings. The van der Waals surface area contributed by atoms with Gasteiger partial charge in [-0.25, -0.2) is 4.98 Å². The molecule has 0 atom stereocenters. The first kappa shape index (κ1) is 18.6. The van der Waals surface area contributed by atoms with Crippen LogP contribution in [0.15, 0.2) is 35.7 Å². The normalized spacial score (nSPS) is 19.3. The molecule has 0 N–H and O–H groups in total. The van der Waals surface area contributed by atoms with Crippen molar-refractivity contribution in [2.24, 2.45) is 5.92 Å². The minimum Gasteiger partial charge on any atom is -0.340 e. The van der Waals surface area contributed by atoms with Crippen molar-refractivity contribution >= 4 is 17.2 Å². The van der Waals surface area contributed by atoms with Gasteiger partial charge in [0, 0.05) is 50.1 Å². The van der Waals surface area contributed by atoms with Gasteiger partial charge in [0.25, 0.3) is 0 Å². The van der Waals surface area contributed by atoms with Gasteiger partial charge in [0.05, 0.1) is 5.69 Å². The van der Waals surface area contributed by atoms with Crippen molar-refractivity contribution in [2.75, 3.05) is 26.2 Å². The molecular weight excluding hydrogens is 354 g/mol. The maximum Gasteiger partial charge on any atom is 0.222 e. The summed E-state index contributed by atoms with van der Waals surface area (Å²) in [5.74, 6) is 1.01. The molecule has 27 heavy (non-hydrogen) atoms. The highest BCUT2D eigenvalue weighted by Crippen LogP contribution is 2.27. The van der Waals surface area contributed by atoms with Gasteiger partial charge in [0.1, 0.15) is 5.01 Å². The third-order valence-corrected chi connectivity index (χ3v) is 6.81. The number of amides is 1. The number of hydrogen-bond acceptors (Lipinski definition) is 4. The number of carbonyl (C=O) groups excluding carboxylic acids is 1. The van der Waals surface area contributed by atoms with E-state index in [4.69, 9.17) is 4.98 Å². The summed E-state index contributed by atoms with van der Waals surface area (Å²) in [4.78, 5) is 21.9. The van der Waals surface area contributed by atoms with Gasteiger partial charge in [-0.2, -0.15) is 0 Å². The summed E-state index contributed by atoms with van der Waals surface area (Å²) in [7, 11) is 0. The van der Waals surface area contributed by atoms with E-state index in [2.05, 4.69) is 39.4 Å². The summed E-state index contributed by atoms with van der Waals surface area (Å²) in [6, 6.07) is 10.4. The second-order valence-corrected chi connectivity index (χ2v) is 8.73. The minimum absolute atomic E-state index is 0.376. The first-order chi connectivity index (χ1) is 13.3. The standard InChI is InChI=1S/C22H29N3OS/c26-21(15-18-7-3-1-4-8-18)25-13-11-24(12-14-25)16-20-17-27-22(23-20)19-9-5-2-6-10-19/h2,5-6,9-10,17-18H,1,3-4,7-8,11-16H2. The average Bonchev–Trinajstić information content (AvgIpc) is 3.18. The summed E-state index contributed by atoms with van der Waals surface area (Å²) < 4.78 is 0. The lowest BCUT2D eigenvalue weighted by molar-refractivity contribution is -0.134. The Kier molecular flexibility index (Phi) is 6.20. The fraction of sp³-hybridized carbons (Fsp3) is 0.545. The molecule has 1 saturated carbocycles. The van der Waals surface area contributed by atoms with Crippen LogP contribution in [0.25, 0.3) is 10.6 Å². The first-order valence-corrected chi connectivity index (χ1v) is 11.2. The molecule has 0 bridgehead atoms. The topological polar surface area (TPSA) is 36.4 Å². The van der Waals surface area contributed by atoms with Crippen molar-refractivity contribution in [2.45, 2.75) is 45.1 Å². The van der Waals surface area contributed by atoms with Crippen LogP contribution in [0.1, 0.15) is 44.2 Å². The molecule has 5 heteroatoms. The summed E-state index contributed by atoms with van der Waals surface area (Å²) in [6.07, 6.45) is 7.24. The Morgan fingerprint density at radius 2 is 1.78 bits per heavy atom. The average molecular weight is 384 g/mol. The van der Waals surface area contributed by atoms with Crippen LogP contribution in [0.3, 0.4) is 0 Å². The first-order valence-electron chi connectivity index (χ1n) is 10.3. The van der Waals surface area contributed by atoms with E-state index in [-0.39, 0.29) is 0 Å². The number of aromatic nitrogens is 1. The molecule has 0 spiro atoms. The molecule has 1 aromatic heterocycles. The highest BCUT2D eigenvalue weighted by atomic mass is 32.1. The smallest absolute Gasteiger partial charge is 0.222 e. The van der Waals surface area contributed by atoms with Gasteiger partial charge < -0.3 is 4.90 Å². The van der Waals surface area contributed by atoms with E-state index in [0.29, 0.717) is 11.8 Å². The number of rotatable bonds is 5. The lowest BCUT2D eigenvalue weighted by Gasteiger charge is -2.35. The Hall–Kier alpha value is -1.72. The zero-order valence-electron chi connectivity index (χ0n) is 16.0. The van der Waals surface area contributed by atoms with Crippen LogP contribution in [0.5, 0.6) is 0 Å². The highest BCUT2D eigenvalue weighted by molar-refractivity contribution is 7.13. The summed E-state index contributed by atoms with van der Waals surface area (Å²) in [5, 5.41) is 3.26. The van der Waals surface area contributed by atoms with E-state index in [9.17, 15) is 4.79 Å². The van der Waals surface area contributed by atoms with Crippen LogP contribution >= 0.6 is 11.3 Å². The maximum absolute atomic E-state index is 12.6. The number of thiazole rings is 1. The number of piperazine rings is 1. The predicted octanol–water partition coefficient (Wildman–Crippen LogP) is 4.42. The minimum atomic E-state index is 0.376. The number of carbonyl (C=O) groups is 1. The molecule has 4 rings (SSSR count). The van der Waals surface area contributed by atoms with Crippen LogP contribution < -0.4 is 0 Å². The van der Waals surface area contributed by atoms with E-state index >= 15 is 0 Å². The zero-order valence-corrected chi connectivity index (χ0v) is 16.8. The van der Waals surface area contributed by atoms with Gasteiger partial charge >= 0.3 is 0 Å². The van der Waals surface area contributed by atoms with E-state index in [1.165, 1.54) is 37.7 Å². The quantitative estimate of drug-likeness (QED) is 0.767. The lowest BCUT2D eigenvalue weighted by Crippen LogP contribution is -2.48. The summed E-state index contributed by atoms with van der Waals surface area (Å²) in [5.41, 5.74) is 2.33. The molecule has 144 valence electrons. The summed E-state index contributed by atoms with van der Waals surface area (Å²) in [6.45, 7) is 4.51. The number of hydrogen-bond donors (Lipinski definition) is 0. The van der Waals surface area contributed by atoms with Gasteiger partial charge in [-0.15, -0.1) is 11.3 Å². The monoisotopic (exact) mass is 383 g/mol. The van der Waals surface area contributed by atoms with Gasteiger partial charge in [0.15, 0.2) is 0 Å². The van der Waals surface area contributed by atoms with E-state index in [1.54, 1.807) is 11.3 Å². The second-order valence-electron chi connectivity index (χ2n) is 7.88. The molecular formula is C22H29N3OS. The Morgan fingerprint density at radius 3 is 2.52 bits per heavy atom. The van der Waals surface area contributed by atoms with Crippen molar-refractivity contribution < 1.29 is 4.79 Å². The third-order valence-electron chi connectivity index (χ3n) is 5.87. The largest absolute Gasteiger partial charge is 0.340 e. The molecule has 2 heterocycles. The van der Waals surface area contributed by atoms with E-state index in [1.807, 2.05) is 6.07 Å². The SMILES string of the molecule is O=C(CC1CCCCC1)N1CCN(Cc2csc(-c3ccccc3)n2)CC1. The molecule has 1 aliphatic carbocycles. The molecule has 1 amide bonds. The van der Waals surface area contributed by atoms with Crippen molar-refractivity contribution in [3.05, 3.63) is 41.4 Å². The van der Waals surface area contributed by atoms with Crippen LogP contribution in [-0.4, -0.2) is 46.9 Å². The second kappa shape index (κ2) is 8.98. The maximum atomic E-state index is 12.6. The molecule has 1 aromatic carbocycles. The van der Waals surface area contributed by atoms with Crippen LogP contribution in [-0.2, 0) is 11.3 Å². The predicted molar refractivity (Wildman–Crippen MR) is 111 cm³/mol. The molecule has 4 nitrogen and oxygen atoms in total. The molecule has 2 fully saturated rings. The van der Waals surface area contributed by atoms with Gasteiger partial charge in [-0.1, -0.05) is 49.6 Å². The number of nitrogens with zero attached hydrogens (tertiary/aromatic N) is 3. The van der Waals surface area contributed by atoms with Crippen molar-refractivity contribution in [3.8, 4) is 10.6 Å². The Balaban J connectivity index is 1.25. The van der Waals surface area contributed by atoms with Gasteiger partial charge in [-0.05, 0) is 18.8 Å². The zero-order chi connectivity index (χ0) is 18.5. The van der Waals surface area contributed by atoms with Crippen LogP contribution in [0.4, 0.5) is 0 Å². The van der Waals surface area contributed by atoms with Crippen molar-refractivity contribution in [1.82, 2.24) is 14.8 Å². The van der Waals surface area contributed by atoms with Crippen LogP contribution in [0, 0.1) is 5.92 Å². The van der Waals surface area contributed by atoms with Crippen LogP contribution in [0.2, 0.25) is 0 Å². The van der Waals surface area contributed by atoms with Crippen molar-refractivity contribution in [3.63, 3.8) is 0 Å². The highest BCUT2D eigenvalue weighted by Gasteiger charge is 2.24. The van der Waals surface area contributed by atoms with Gasteiger partial charge in [-0.3, -0.25) is 9.69 Å². The van der Waals surface area contributed by atoms with E-state index < -0.39 is 0 Å². The van der Waals surface area contributed by atoms with Gasteiger partial charge in [0.2, 0.25) is 5.91 Å². The Labute approximate surface area is 166 Å². The molecule has 0 unspecified atom stereocenters. The Bertz CT molecular complexity index is 731. The molecule has 2 aromatic rings. The summed E-state index contributed by atoms with van der Waals surface area (Å²) >= 11 is 1.71. The molecule has 0 radical (unpaired) electrons. The Morgan fingerprint density at radius 1 is 1.04 bits per heavy atom. The van der Waals surface area contributed by atoms with Crippen molar-refractivity contribution in [1.29, 1.82) is 0 Å². The third kappa shape index (κ3) is 4.96. The molecule has 1 saturated heterocycles. The van der Waals surface area contributed by atoms with E-state index in [0.717, 1.165) is 49.8 Å². The number of benzene rings is 1.